The van der Waals surface area contributed by atoms with Gasteiger partial charge in [-0.1, -0.05) is 0 Å². The number of hydroxylamine groups is 2. The van der Waals surface area contributed by atoms with E-state index in [4.69, 9.17) is 9.57 Å². The first kappa shape index (κ1) is 20.0. The zero-order valence-corrected chi connectivity index (χ0v) is 16.5. The van der Waals surface area contributed by atoms with Crippen molar-refractivity contribution in [1.29, 1.82) is 0 Å². The number of nitro groups is 1. The summed E-state index contributed by atoms with van der Waals surface area (Å²) in [4.78, 5) is 18.7. The quantitative estimate of drug-likeness (QED) is 0.567. The zero-order chi connectivity index (χ0) is 21.3. The molecule has 0 aliphatic carbocycles. The Morgan fingerprint density at radius 2 is 1.87 bits per heavy atom. The Morgan fingerprint density at radius 1 is 1.17 bits per heavy atom. The van der Waals surface area contributed by atoms with Crippen LogP contribution in [0.2, 0.25) is 0 Å². The molecule has 2 aliphatic heterocycles. The summed E-state index contributed by atoms with van der Waals surface area (Å²) >= 11 is 0. The van der Waals surface area contributed by atoms with Crippen LogP contribution in [0.25, 0.3) is 5.76 Å². The molecule has 0 saturated carbocycles. The van der Waals surface area contributed by atoms with Crippen LogP contribution in [0.4, 0.5) is 5.69 Å². The number of hydrogen-bond donors (Lipinski definition) is 2. The Morgan fingerprint density at radius 3 is 2.53 bits per heavy atom. The van der Waals surface area contributed by atoms with Crippen LogP contribution in [0, 0.1) is 10.1 Å². The summed E-state index contributed by atoms with van der Waals surface area (Å²) in [6.07, 6.45) is 3.85. The minimum absolute atomic E-state index is 0.0584. The Labute approximate surface area is 173 Å². The molecule has 0 radical (unpaired) electrons. The first-order chi connectivity index (χ1) is 14.4. The van der Waals surface area contributed by atoms with Crippen LogP contribution < -0.4 is 4.74 Å². The Hall–Kier alpha value is -3.30. The summed E-state index contributed by atoms with van der Waals surface area (Å²) < 4.78 is 5.82. The summed E-state index contributed by atoms with van der Waals surface area (Å²) in [6.45, 7) is 2.58. The van der Waals surface area contributed by atoms with Crippen LogP contribution in [-0.4, -0.2) is 57.8 Å². The van der Waals surface area contributed by atoms with Crippen LogP contribution in [0.5, 0.6) is 23.0 Å². The molecular formula is C21H23N3O6. The molecule has 0 bridgehead atoms. The zero-order valence-electron chi connectivity index (χ0n) is 16.5. The summed E-state index contributed by atoms with van der Waals surface area (Å²) in [5.74, 6) is 0.626. The molecule has 9 heteroatoms. The number of phenols is 2. The molecule has 0 atom stereocenters. The predicted molar refractivity (Wildman–Crippen MR) is 109 cm³/mol. The van der Waals surface area contributed by atoms with Crippen LogP contribution in [-0.2, 0) is 4.84 Å². The van der Waals surface area contributed by atoms with Gasteiger partial charge in [0.25, 0.3) is 5.69 Å². The van der Waals surface area contributed by atoms with Gasteiger partial charge >= 0.3 is 0 Å². The second kappa shape index (κ2) is 8.21. The molecule has 1 fully saturated rings. The number of hydrogen-bond acceptors (Lipinski definition) is 8. The van der Waals surface area contributed by atoms with Crippen molar-refractivity contribution in [2.45, 2.75) is 18.9 Å². The smallest absolute Gasteiger partial charge is 0.269 e. The first-order valence-electron chi connectivity index (χ1n) is 9.72. The minimum atomic E-state index is -0.496. The number of rotatable bonds is 5. The second-order valence-corrected chi connectivity index (χ2v) is 7.48. The molecular weight excluding hydrogens is 390 g/mol. The molecule has 2 N–H and O–H groups in total. The van der Waals surface area contributed by atoms with Crippen molar-refractivity contribution >= 4 is 11.4 Å². The molecule has 2 aromatic carbocycles. The number of nitrogens with zero attached hydrogens (tertiary/aromatic N) is 3. The van der Waals surface area contributed by atoms with Crippen molar-refractivity contribution in [3.05, 3.63) is 58.2 Å². The molecule has 9 nitrogen and oxygen atoms in total. The normalized spacial score (nSPS) is 18.1. The van der Waals surface area contributed by atoms with Crippen molar-refractivity contribution in [2.75, 3.05) is 26.7 Å². The van der Waals surface area contributed by atoms with Crippen LogP contribution in [0.15, 0.2) is 42.5 Å². The lowest BCUT2D eigenvalue weighted by molar-refractivity contribution is -0.384. The SMILES string of the molecule is CN1CCC(N2CC=C(c3c(O)cc(O)cc3Oc3ccc([N+](=O)[O-])cc3)O2)CC1. The molecule has 0 unspecified atom stereocenters. The van der Waals surface area contributed by atoms with Crippen LogP contribution in [0.1, 0.15) is 18.4 Å². The third kappa shape index (κ3) is 4.17. The summed E-state index contributed by atoms with van der Waals surface area (Å²) in [5, 5.41) is 33.2. The van der Waals surface area contributed by atoms with E-state index >= 15 is 0 Å². The average Bonchev–Trinajstić information content (AvgIpc) is 3.18. The van der Waals surface area contributed by atoms with E-state index in [0.717, 1.165) is 25.9 Å². The third-order valence-electron chi connectivity index (χ3n) is 5.36. The van der Waals surface area contributed by atoms with Gasteiger partial charge in [0.2, 0.25) is 0 Å². The highest BCUT2D eigenvalue weighted by molar-refractivity contribution is 5.73. The van der Waals surface area contributed by atoms with Gasteiger partial charge in [-0.25, -0.2) is 0 Å². The van der Waals surface area contributed by atoms with E-state index < -0.39 is 4.92 Å². The standard InChI is InChI=1S/C21H23N3O6/c1-22-9-6-14(7-10-22)23-11-8-19(30-23)21-18(26)12-16(25)13-20(21)29-17-4-2-15(3-5-17)24(27)28/h2-5,8,12-14,25-26H,6-7,9-11H2,1H3. The van der Waals surface area contributed by atoms with E-state index in [2.05, 4.69) is 11.9 Å². The first-order valence-corrected chi connectivity index (χ1v) is 9.72. The molecule has 2 heterocycles. The number of benzene rings is 2. The lowest BCUT2D eigenvalue weighted by Crippen LogP contribution is -2.42. The highest BCUT2D eigenvalue weighted by atomic mass is 16.7. The van der Waals surface area contributed by atoms with Gasteiger partial charge in [-0.3, -0.25) is 10.1 Å². The van der Waals surface area contributed by atoms with E-state index in [-0.39, 0.29) is 29.0 Å². The molecule has 2 aliphatic rings. The monoisotopic (exact) mass is 413 g/mol. The number of piperidine rings is 1. The Bertz CT molecular complexity index is 967. The van der Waals surface area contributed by atoms with Crippen molar-refractivity contribution in [2.24, 2.45) is 0 Å². The van der Waals surface area contributed by atoms with Gasteiger partial charge in [0.15, 0.2) is 5.76 Å². The van der Waals surface area contributed by atoms with Crippen molar-refractivity contribution < 1.29 is 24.7 Å². The van der Waals surface area contributed by atoms with Gasteiger partial charge in [0.1, 0.15) is 28.6 Å². The van der Waals surface area contributed by atoms with Crippen molar-refractivity contribution in [1.82, 2.24) is 9.96 Å². The highest BCUT2D eigenvalue weighted by Crippen LogP contribution is 2.42. The van der Waals surface area contributed by atoms with Gasteiger partial charge in [0.05, 0.1) is 11.5 Å². The molecule has 1 saturated heterocycles. The fourth-order valence-corrected chi connectivity index (χ4v) is 3.71. The van der Waals surface area contributed by atoms with Crippen LogP contribution in [0.3, 0.4) is 0 Å². The fourth-order valence-electron chi connectivity index (χ4n) is 3.71. The Kier molecular flexibility index (Phi) is 5.47. The second-order valence-electron chi connectivity index (χ2n) is 7.48. The number of nitro benzene ring substituents is 1. The topological polar surface area (TPSA) is 109 Å². The third-order valence-corrected chi connectivity index (χ3v) is 5.36. The van der Waals surface area contributed by atoms with Gasteiger partial charge in [-0.05, 0) is 51.2 Å². The maximum atomic E-state index is 10.8. The van der Waals surface area contributed by atoms with Gasteiger partial charge in [0, 0.05) is 30.3 Å². The fraction of sp³-hybridized carbons (Fsp3) is 0.333. The van der Waals surface area contributed by atoms with Gasteiger partial charge in [-0.2, -0.15) is 0 Å². The number of non-ortho nitro benzene ring substituents is 1. The van der Waals surface area contributed by atoms with Crippen molar-refractivity contribution in [3.63, 3.8) is 0 Å². The molecule has 0 amide bonds. The lowest BCUT2D eigenvalue weighted by Gasteiger charge is -2.34. The van der Waals surface area contributed by atoms with E-state index in [1.54, 1.807) is 0 Å². The van der Waals surface area contributed by atoms with Gasteiger partial charge in [-0.15, -0.1) is 5.06 Å². The highest BCUT2D eigenvalue weighted by Gasteiger charge is 2.30. The maximum absolute atomic E-state index is 10.8. The largest absolute Gasteiger partial charge is 0.508 e. The van der Waals surface area contributed by atoms with Gasteiger partial charge < -0.3 is 24.7 Å². The number of likely N-dealkylation sites (tertiary alicyclic amines) is 1. The molecule has 4 rings (SSSR count). The lowest BCUT2D eigenvalue weighted by atomic mass is 10.1. The average molecular weight is 413 g/mol. The molecule has 158 valence electrons. The number of ether oxygens (including phenoxy) is 1. The van der Waals surface area contributed by atoms with E-state index in [1.165, 1.54) is 36.4 Å². The Balaban J connectivity index is 1.55. The summed E-state index contributed by atoms with van der Waals surface area (Å²) in [7, 11) is 2.10. The summed E-state index contributed by atoms with van der Waals surface area (Å²) in [6, 6.07) is 8.44. The number of aromatic hydroxyl groups is 2. The number of phenolic OH excluding ortho intramolecular Hbond substituents is 2. The van der Waals surface area contributed by atoms with E-state index in [0.29, 0.717) is 23.6 Å². The molecule has 0 spiro atoms. The van der Waals surface area contributed by atoms with E-state index in [1.807, 2.05) is 11.1 Å². The molecule has 2 aromatic rings. The van der Waals surface area contributed by atoms with E-state index in [9.17, 15) is 20.3 Å². The summed E-state index contributed by atoms with van der Waals surface area (Å²) in [5.41, 5.74) is 0.263. The van der Waals surface area contributed by atoms with Crippen molar-refractivity contribution in [3.8, 4) is 23.0 Å². The van der Waals surface area contributed by atoms with Crippen LogP contribution >= 0.6 is 0 Å². The predicted octanol–water partition coefficient (Wildman–Crippen LogP) is 3.48. The maximum Gasteiger partial charge on any atom is 0.269 e. The molecule has 0 aromatic heterocycles. The molecule has 30 heavy (non-hydrogen) atoms. The minimum Gasteiger partial charge on any atom is -0.508 e.